The van der Waals surface area contributed by atoms with Crippen LogP contribution in [-0.2, 0) is 0 Å². The van der Waals surface area contributed by atoms with E-state index in [1.54, 1.807) is 31.5 Å². The zero-order chi connectivity index (χ0) is 17.6. The first kappa shape index (κ1) is 15.5. The number of nitrogens with zero attached hydrogens (tertiary/aromatic N) is 3. The molecule has 4 rings (SSSR count). The van der Waals surface area contributed by atoms with Crippen molar-refractivity contribution < 1.29 is 4.74 Å². The van der Waals surface area contributed by atoms with E-state index in [9.17, 15) is 4.79 Å². The Balaban J connectivity index is 1.93. The molecule has 0 spiro atoms. The summed E-state index contributed by atoms with van der Waals surface area (Å²) in [5.41, 5.74) is 3.95. The molecule has 0 aliphatic heterocycles. The maximum atomic E-state index is 12.5. The lowest BCUT2D eigenvalue weighted by atomic mass is 10.1. The van der Waals surface area contributed by atoms with Crippen LogP contribution in [0.15, 0.2) is 41.3 Å². The van der Waals surface area contributed by atoms with Crippen molar-refractivity contribution >= 4 is 17.2 Å². The normalized spacial score (nSPS) is 11.2. The minimum Gasteiger partial charge on any atom is -0.495 e. The number of aryl methyl sites for hydroxylation is 1. The summed E-state index contributed by atoms with van der Waals surface area (Å²) in [5.74, 6) is 0.526. The van der Waals surface area contributed by atoms with E-state index in [1.165, 1.54) is 10.6 Å². The number of aromatic nitrogens is 5. The van der Waals surface area contributed by atoms with Crippen molar-refractivity contribution in [2.75, 3.05) is 7.11 Å². The van der Waals surface area contributed by atoms with Crippen LogP contribution in [0, 0.1) is 6.92 Å². The van der Waals surface area contributed by atoms with E-state index in [0.29, 0.717) is 27.8 Å². The summed E-state index contributed by atoms with van der Waals surface area (Å²) in [6, 6.07) is 8.63. The molecule has 3 aromatic heterocycles. The lowest BCUT2D eigenvalue weighted by Gasteiger charge is -2.06. The minimum atomic E-state index is -0.215. The molecule has 0 aliphatic rings. The highest BCUT2D eigenvalue weighted by molar-refractivity contribution is 6.32. The van der Waals surface area contributed by atoms with Crippen molar-refractivity contribution in [2.45, 2.75) is 6.92 Å². The first-order valence-corrected chi connectivity index (χ1v) is 7.92. The van der Waals surface area contributed by atoms with E-state index in [2.05, 4.69) is 20.3 Å². The second kappa shape index (κ2) is 5.78. The SMILES string of the molecule is COc1cc(-c2cc(=O)n3[nH]cc(-c4cc(C)[nH]n4)c3n2)ccc1Cl. The van der Waals surface area contributed by atoms with E-state index in [0.717, 1.165) is 16.8 Å². The van der Waals surface area contributed by atoms with Crippen LogP contribution in [0.25, 0.3) is 28.2 Å². The summed E-state index contributed by atoms with van der Waals surface area (Å²) in [6.45, 7) is 1.91. The van der Waals surface area contributed by atoms with E-state index in [-0.39, 0.29) is 5.56 Å². The summed E-state index contributed by atoms with van der Waals surface area (Å²) in [5, 5.41) is 10.6. The van der Waals surface area contributed by atoms with Gasteiger partial charge in [-0.2, -0.15) is 5.10 Å². The molecule has 8 heteroatoms. The third kappa shape index (κ3) is 2.58. The first-order chi connectivity index (χ1) is 12.1. The van der Waals surface area contributed by atoms with Gasteiger partial charge in [0.1, 0.15) is 5.75 Å². The van der Waals surface area contributed by atoms with E-state index in [4.69, 9.17) is 16.3 Å². The number of aromatic amines is 2. The summed E-state index contributed by atoms with van der Waals surface area (Å²) >= 11 is 6.07. The topological polar surface area (TPSA) is 88.1 Å². The zero-order valence-electron chi connectivity index (χ0n) is 13.5. The molecule has 0 fully saturated rings. The summed E-state index contributed by atoms with van der Waals surface area (Å²) < 4.78 is 6.63. The Morgan fingerprint density at radius 2 is 2.04 bits per heavy atom. The van der Waals surface area contributed by atoms with Gasteiger partial charge >= 0.3 is 0 Å². The fraction of sp³-hybridized carbons (Fsp3) is 0.118. The number of hydrogen-bond acceptors (Lipinski definition) is 4. The van der Waals surface area contributed by atoms with Crippen molar-refractivity contribution in [2.24, 2.45) is 0 Å². The number of fused-ring (bicyclic) bond motifs is 1. The van der Waals surface area contributed by atoms with Gasteiger partial charge < -0.3 is 4.74 Å². The van der Waals surface area contributed by atoms with E-state index < -0.39 is 0 Å². The van der Waals surface area contributed by atoms with E-state index >= 15 is 0 Å². The van der Waals surface area contributed by atoms with Crippen LogP contribution in [0.2, 0.25) is 5.02 Å². The fourth-order valence-electron chi connectivity index (χ4n) is 2.69. The number of benzene rings is 1. The smallest absolute Gasteiger partial charge is 0.273 e. The molecule has 1 aromatic carbocycles. The molecule has 7 nitrogen and oxygen atoms in total. The van der Waals surface area contributed by atoms with Gasteiger partial charge in [0.15, 0.2) is 5.65 Å². The maximum Gasteiger partial charge on any atom is 0.273 e. The molecule has 0 radical (unpaired) electrons. The van der Waals surface area contributed by atoms with Gasteiger partial charge in [-0.15, -0.1) is 0 Å². The third-order valence-electron chi connectivity index (χ3n) is 3.93. The number of methoxy groups -OCH3 is 1. The number of nitrogens with one attached hydrogen (secondary N) is 2. The average molecular weight is 356 g/mol. The van der Waals surface area contributed by atoms with Gasteiger partial charge in [-0.3, -0.25) is 15.0 Å². The van der Waals surface area contributed by atoms with Crippen LogP contribution in [-0.4, -0.2) is 31.9 Å². The van der Waals surface area contributed by atoms with Crippen LogP contribution in [0.5, 0.6) is 5.75 Å². The molecule has 25 heavy (non-hydrogen) atoms. The quantitative estimate of drug-likeness (QED) is 0.591. The molecule has 0 bridgehead atoms. The number of hydrogen-bond donors (Lipinski definition) is 2. The molecule has 3 heterocycles. The molecule has 0 saturated heterocycles. The summed E-state index contributed by atoms with van der Waals surface area (Å²) in [6.07, 6.45) is 1.71. The Bertz CT molecular complexity index is 1140. The van der Waals surface area contributed by atoms with Crippen molar-refractivity contribution in [3.05, 3.63) is 57.6 Å². The molecular formula is C17H14ClN5O2. The molecule has 0 saturated carbocycles. The molecule has 0 atom stereocenters. The molecule has 0 unspecified atom stereocenters. The summed E-state index contributed by atoms with van der Waals surface area (Å²) in [7, 11) is 1.54. The second-order valence-electron chi connectivity index (χ2n) is 5.61. The first-order valence-electron chi connectivity index (χ1n) is 7.54. The number of rotatable bonds is 3. The highest BCUT2D eigenvalue weighted by atomic mass is 35.5. The highest BCUT2D eigenvalue weighted by Gasteiger charge is 2.14. The van der Waals surface area contributed by atoms with Gasteiger partial charge in [0.05, 0.1) is 29.1 Å². The minimum absolute atomic E-state index is 0.215. The van der Waals surface area contributed by atoms with Crippen molar-refractivity contribution in [3.63, 3.8) is 0 Å². The fourth-order valence-corrected chi connectivity index (χ4v) is 2.89. The molecule has 126 valence electrons. The highest BCUT2D eigenvalue weighted by Crippen LogP contribution is 2.30. The Labute approximate surface area is 147 Å². The van der Waals surface area contributed by atoms with Crippen LogP contribution in [0.4, 0.5) is 0 Å². The predicted octanol–water partition coefficient (Wildman–Crippen LogP) is 3.05. The van der Waals surface area contributed by atoms with E-state index in [1.807, 2.05) is 13.0 Å². The van der Waals surface area contributed by atoms with Crippen molar-refractivity contribution in [1.82, 2.24) is 24.8 Å². The number of halogens is 1. The molecular weight excluding hydrogens is 342 g/mol. The van der Waals surface area contributed by atoms with Gasteiger partial charge in [-0.1, -0.05) is 17.7 Å². The lowest BCUT2D eigenvalue weighted by Crippen LogP contribution is -2.14. The molecule has 0 amide bonds. The van der Waals surface area contributed by atoms with Crippen LogP contribution >= 0.6 is 11.6 Å². The summed E-state index contributed by atoms with van der Waals surface area (Å²) in [4.78, 5) is 17.1. The Morgan fingerprint density at radius 3 is 2.76 bits per heavy atom. The predicted molar refractivity (Wildman–Crippen MR) is 95.1 cm³/mol. The molecule has 4 aromatic rings. The Morgan fingerprint density at radius 1 is 1.20 bits per heavy atom. The van der Waals surface area contributed by atoms with Crippen molar-refractivity contribution in [1.29, 1.82) is 0 Å². The van der Waals surface area contributed by atoms with Crippen molar-refractivity contribution in [3.8, 4) is 28.3 Å². The number of H-pyrrole nitrogens is 2. The largest absolute Gasteiger partial charge is 0.495 e. The second-order valence-corrected chi connectivity index (χ2v) is 6.02. The van der Waals surface area contributed by atoms with Crippen LogP contribution < -0.4 is 10.3 Å². The monoisotopic (exact) mass is 355 g/mol. The van der Waals surface area contributed by atoms with Crippen LogP contribution in [0.1, 0.15) is 5.69 Å². The molecule has 2 N–H and O–H groups in total. The lowest BCUT2D eigenvalue weighted by molar-refractivity contribution is 0.415. The molecule has 0 aliphatic carbocycles. The van der Waals surface area contributed by atoms with Gasteiger partial charge in [0.25, 0.3) is 5.56 Å². The number of ether oxygens (including phenoxy) is 1. The Hall–Kier alpha value is -3.06. The standard InChI is InChI=1S/C17H14ClN5O2/c1-9-5-14(22-21-9)11-8-19-23-16(24)7-13(20-17(11)23)10-3-4-12(18)15(6-10)25-2/h3-8,19H,1-2H3,(H,21,22). The van der Waals surface area contributed by atoms with Crippen LogP contribution in [0.3, 0.4) is 0 Å². The van der Waals surface area contributed by atoms with Gasteiger partial charge in [-0.25, -0.2) is 9.50 Å². The Kier molecular flexibility index (Phi) is 3.58. The van der Waals surface area contributed by atoms with Gasteiger partial charge in [0.2, 0.25) is 0 Å². The average Bonchev–Trinajstić information content (AvgIpc) is 3.21. The maximum absolute atomic E-state index is 12.5. The third-order valence-corrected chi connectivity index (χ3v) is 4.24. The zero-order valence-corrected chi connectivity index (χ0v) is 14.3. The van der Waals surface area contributed by atoms with Gasteiger partial charge in [0, 0.05) is 23.5 Å². The van der Waals surface area contributed by atoms with Gasteiger partial charge in [-0.05, 0) is 25.1 Å².